The number of thiocarbonyl (C=S) groups is 1. The molecule has 0 radical (unpaired) electrons. The van der Waals surface area contributed by atoms with E-state index in [4.69, 9.17) is 18.8 Å². The van der Waals surface area contributed by atoms with Gasteiger partial charge in [0.15, 0.2) is 5.11 Å². The van der Waals surface area contributed by atoms with E-state index < -0.39 is 5.54 Å². The Balaban J connectivity index is 1.75. The maximum Gasteiger partial charge on any atom is 0.272 e. The molecule has 2 aliphatic rings. The summed E-state index contributed by atoms with van der Waals surface area (Å²) in [6.45, 7) is 8.96. The SMILES string of the molecule is [C-]#[N+]c1ncc(N2C(=O)C3(CCC3)N(c3ccc(C(=O)NC)cc3)C2=S)cc1C. The first-order valence-electron chi connectivity index (χ1n) is 9.28. The van der Waals surface area contributed by atoms with E-state index in [9.17, 15) is 9.59 Å². The largest absolute Gasteiger partial charge is 0.360 e. The van der Waals surface area contributed by atoms with E-state index in [0.29, 0.717) is 40.6 Å². The Labute approximate surface area is 174 Å². The Bertz CT molecular complexity index is 1070. The Kier molecular flexibility index (Phi) is 4.55. The molecule has 146 valence electrons. The van der Waals surface area contributed by atoms with E-state index >= 15 is 0 Å². The predicted molar refractivity (Wildman–Crippen MR) is 114 cm³/mol. The minimum atomic E-state index is -0.696. The second-order valence-corrected chi connectivity index (χ2v) is 7.58. The predicted octanol–water partition coefficient (Wildman–Crippen LogP) is 3.36. The molecular formula is C21H19N5O2S. The lowest BCUT2D eigenvalue weighted by Gasteiger charge is -2.43. The summed E-state index contributed by atoms with van der Waals surface area (Å²) in [7, 11) is 1.58. The highest BCUT2D eigenvalue weighted by atomic mass is 32.1. The highest BCUT2D eigenvalue weighted by Gasteiger charge is 2.59. The van der Waals surface area contributed by atoms with Crippen LogP contribution in [-0.4, -0.2) is 34.5 Å². The second-order valence-electron chi connectivity index (χ2n) is 7.22. The van der Waals surface area contributed by atoms with Crippen molar-refractivity contribution in [3.05, 3.63) is 59.1 Å². The van der Waals surface area contributed by atoms with Gasteiger partial charge in [-0.2, -0.15) is 0 Å². The van der Waals surface area contributed by atoms with E-state index in [1.54, 1.807) is 32.2 Å². The number of carbonyl (C=O) groups is 2. The first-order chi connectivity index (χ1) is 13.9. The van der Waals surface area contributed by atoms with Gasteiger partial charge < -0.3 is 15.1 Å². The molecule has 1 saturated carbocycles. The summed E-state index contributed by atoms with van der Waals surface area (Å²) in [6.07, 6.45) is 3.90. The van der Waals surface area contributed by atoms with Crippen molar-refractivity contribution in [1.29, 1.82) is 0 Å². The molecule has 7 nitrogen and oxygen atoms in total. The minimum absolute atomic E-state index is 0.0686. The van der Waals surface area contributed by atoms with E-state index in [-0.39, 0.29) is 11.8 Å². The van der Waals surface area contributed by atoms with Crippen LogP contribution in [0, 0.1) is 13.5 Å². The number of carbonyl (C=O) groups excluding carboxylic acids is 2. The van der Waals surface area contributed by atoms with Crippen molar-refractivity contribution in [1.82, 2.24) is 10.3 Å². The zero-order valence-corrected chi connectivity index (χ0v) is 16.9. The molecule has 1 N–H and O–H groups in total. The fourth-order valence-corrected chi connectivity index (χ4v) is 4.37. The van der Waals surface area contributed by atoms with Gasteiger partial charge in [-0.15, -0.1) is 4.98 Å². The van der Waals surface area contributed by atoms with Gasteiger partial charge in [0.2, 0.25) is 0 Å². The molecule has 0 bridgehead atoms. The van der Waals surface area contributed by atoms with Gasteiger partial charge in [-0.05, 0) is 74.3 Å². The van der Waals surface area contributed by atoms with E-state index in [2.05, 4.69) is 15.1 Å². The third kappa shape index (κ3) is 2.77. The fraction of sp³-hybridized carbons (Fsp3) is 0.286. The van der Waals surface area contributed by atoms with Crippen molar-refractivity contribution in [3.63, 3.8) is 0 Å². The van der Waals surface area contributed by atoms with Crippen molar-refractivity contribution in [3.8, 4) is 0 Å². The molecule has 4 rings (SSSR count). The normalized spacial score (nSPS) is 17.3. The standard InChI is InChI=1S/C21H19N5O2S/c1-13-11-16(12-24-17(13)22-2)25-19(28)21(9-4-10-21)26(20(25)29)15-7-5-14(6-8-15)18(27)23-3/h5-8,11-12H,4,9-10H2,1,3H3,(H,23,27). The van der Waals surface area contributed by atoms with Gasteiger partial charge in [-0.25, -0.2) is 0 Å². The zero-order chi connectivity index (χ0) is 20.8. The van der Waals surface area contributed by atoms with Crippen LogP contribution < -0.4 is 15.1 Å². The highest BCUT2D eigenvalue weighted by Crippen LogP contribution is 2.47. The number of nitrogens with zero attached hydrogens (tertiary/aromatic N) is 4. The van der Waals surface area contributed by atoms with E-state index in [0.717, 1.165) is 12.1 Å². The average molecular weight is 405 g/mol. The number of rotatable bonds is 3. The molecule has 1 saturated heterocycles. The lowest BCUT2D eigenvalue weighted by molar-refractivity contribution is -0.123. The van der Waals surface area contributed by atoms with Gasteiger partial charge in [-0.1, -0.05) is 6.57 Å². The molecular weight excluding hydrogens is 386 g/mol. The first-order valence-corrected chi connectivity index (χ1v) is 9.69. The number of aromatic nitrogens is 1. The molecule has 8 heteroatoms. The molecule has 0 unspecified atom stereocenters. The molecule has 1 aromatic carbocycles. The van der Waals surface area contributed by atoms with Crippen LogP contribution in [0.5, 0.6) is 0 Å². The van der Waals surface area contributed by atoms with Crippen LogP contribution in [0.3, 0.4) is 0 Å². The number of hydrogen-bond donors (Lipinski definition) is 1. The van der Waals surface area contributed by atoms with Crippen molar-refractivity contribution in [2.45, 2.75) is 31.7 Å². The zero-order valence-electron chi connectivity index (χ0n) is 16.1. The molecule has 0 atom stereocenters. The first kappa shape index (κ1) is 19.0. The number of amides is 2. The summed E-state index contributed by atoms with van der Waals surface area (Å²) in [6, 6.07) is 8.87. The van der Waals surface area contributed by atoms with Crippen LogP contribution in [0.4, 0.5) is 17.2 Å². The Morgan fingerprint density at radius 1 is 1.28 bits per heavy atom. The quantitative estimate of drug-likeness (QED) is 0.626. The summed E-state index contributed by atoms with van der Waals surface area (Å²) >= 11 is 5.73. The summed E-state index contributed by atoms with van der Waals surface area (Å²) in [5.41, 5.74) is 1.89. The molecule has 29 heavy (non-hydrogen) atoms. The smallest absolute Gasteiger partial charge is 0.272 e. The Morgan fingerprint density at radius 3 is 2.48 bits per heavy atom. The summed E-state index contributed by atoms with van der Waals surface area (Å²) in [5, 5.41) is 2.99. The lowest BCUT2D eigenvalue weighted by atomic mass is 9.75. The van der Waals surface area contributed by atoms with Crippen molar-refractivity contribution in [2.75, 3.05) is 16.8 Å². The second kappa shape index (κ2) is 6.94. The number of benzene rings is 1. The number of pyridine rings is 1. The van der Waals surface area contributed by atoms with Crippen LogP contribution >= 0.6 is 12.2 Å². The maximum absolute atomic E-state index is 13.4. The van der Waals surface area contributed by atoms with Gasteiger partial charge in [0, 0.05) is 18.3 Å². The van der Waals surface area contributed by atoms with E-state index in [1.807, 2.05) is 17.0 Å². The number of nitrogens with one attached hydrogen (secondary N) is 1. The van der Waals surface area contributed by atoms with Crippen LogP contribution in [0.1, 0.15) is 35.2 Å². The molecule has 1 spiro atoms. The van der Waals surface area contributed by atoms with Crippen LogP contribution in [0.25, 0.3) is 4.85 Å². The molecule has 2 aromatic rings. The van der Waals surface area contributed by atoms with Gasteiger partial charge in [0.25, 0.3) is 17.6 Å². The van der Waals surface area contributed by atoms with Crippen LogP contribution in [0.15, 0.2) is 36.5 Å². The van der Waals surface area contributed by atoms with E-state index in [1.165, 1.54) is 11.1 Å². The van der Waals surface area contributed by atoms with Crippen molar-refractivity contribution < 1.29 is 9.59 Å². The van der Waals surface area contributed by atoms with Gasteiger partial charge >= 0.3 is 0 Å². The fourth-order valence-electron chi connectivity index (χ4n) is 3.91. The number of hydrogen-bond acceptors (Lipinski definition) is 4. The molecule has 1 aromatic heterocycles. The van der Waals surface area contributed by atoms with Gasteiger partial charge in [0.1, 0.15) is 11.7 Å². The third-order valence-corrected chi connectivity index (χ3v) is 5.97. The average Bonchev–Trinajstić information content (AvgIpc) is 2.94. The summed E-state index contributed by atoms with van der Waals surface area (Å²) in [4.78, 5) is 36.3. The number of anilines is 2. The molecule has 1 aliphatic heterocycles. The molecule has 1 aliphatic carbocycles. The van der Waals surface area contributed by atoms with Gasteiger partial charge in [0.05, 0.1) is 5.69 Å². The Morgan fingerprint density at radius 2 is 1.97 bits per heavy atom. The highest BCUT2D eigenvalue weighted by molar-refractivity contribution is 7.81. The lowest BCUT2D eigenvalue weighted by Crippen LogP contribution is -2.55. The van der Waals surface area contributed by atoms with Crippen LogP contribution in [0.2, 0.25) is 0 Å². The number of aryl methyl sites for hydroxylation is 1. The van der Waals surface area contributed by atoms with Gasteiger partial charge in [-0.3, -0.25) is 14.5 Å². The summed E-state index contributed by atoms with van der Waals surface area (Å²) < 4.78 is 0. The topological polar surface area (TPSA) is 69.9 Å². The van der Waals surface area contributed by atoms with Crippen molar-refractivity contribution >= 4 is 46.3 Å². The Hall–Kier alpha value is -3.31. The van der Waals surface area contributed by atoms with Crippen LogP contribution in [-0.2, 0) is 4.79 Å². The minimum Gasteiger partial charge on any atom is -0.360 e. The molecule has 2 heterocycles. The third-order valence-electron chi connectivity index (χ3n) is 5.61. The molecule has 2 fully saturated rings. The monoisotopic (exact) mass is 405 g/mol. The summed E-state index contributed by atoms with van der Waals surface area (Å²) in [5.74, 6) is 0.0743. The maximum atomic E-state index is 13.4. The van der Waals surface area contributed by atoms with Crippen molar-refractivity contribution in [2.24, 2.45) is 0 Å². The molecule has 2 amide bonds.